The Kier molecular flexibility index (Phi) is 7.18. The van der Waals surface area contributed by atoms with Crippen LogP contribution in [0.2, 0.25) is 6.04 Å². The summed E-state index contributed by atoms with van der Waals surface area (Å²) < 4.78 is 3.99. The maximum Gasteiger partial charge on any atom is 0.663 e. The lowest BCUT2D eigenvalue weighted by Gasteiger charge is -2.21. The zero-order valence-electron chi connectivity index (χ0n) is 8.98. The fourth-order valence-corrected chi connectivity index (χ4v) is 3.83. The Morgan fingerprint density at radius 1 is 1.24 bits per heavy atom. The first-order valence-corrected chi connectivity index (χ1v) is 8.58. The van der Waals surface area contributed by atoms with Gasteiger partial charge in [-0.25, -0.2) is 0 Å². The van der Waals surface area contributed by atoms with Crippen LogP contribution in [0.4, 0.5) is 0 Å². The zero-order valence-corrected chi connectivity index (χ0v) is 11.0. The Morgan fingerprint density at radius 3 is 2.24 bits per heavy atom. The van der Waals surface area contributed by atoms with E-state index in [2.05, 4.69) is 9.43 Å². The number of aldehydes is 1. The number of carbonyl (C=O) groups excluding carboxylic acids is 1. The van der Waals surface area contributed by atoms with Gasteiger partial charge in [-0.3, -0.25) is 0 Å². The number of hydrogen-bond donors (Lipinski definition) is 7. The fourth-order valence-electron chi connectivity index (χ4n) is 1.03. The Bertz CT molecular complexity index is 233. The average molecular weight is 287 g/mol. The van der Waals surface area contributed by atoms with Gasteiger partial charge in [0.15, 0.2) is 0 Å². The molecular weight excluding hydrogens is 270 g/mol. The van der Waals surface area contributed by atoms with Gasteiger partial charge in [-0.2, -0.15) is 0 Å². The van der Waals surface area contributed by atoms with Gasteiger partial charge in [0.2, 0.25) is 0 Å². The van der Waals surface area contributed by atoms with Crippen molar-refractivity contribution in [3.05, 3.63) is 0 Å². The van der Waals surface area contributed by atoms with E-state index in [1.54, 1.807) is 0 Å². The van der Waals surface area contributed by atoms with E-state index in [0.29, 0.717) is 6.29 Å². The number of nitrogens with one attached hydrogen (secondary N) is 1. The van der Waals surface area contributed by atoms with Gasteiger partial charge >= 0.3 is 17.9 Å². The Morgan fingerprint density at radius 2 is 1.82 bits per heavy atom. The van der Waals surface area contributed by atoms with Crippen molar-refractivity contribution in [1.29, 1.82) is 0 Å². The topological polar surface area (TPSA) is 160 Å². The highest BCUT2D eigenvalue weighted by atomic mass is 28.5. The number of aliphatic hydroxyl groups is 1. The SMILES string of the molecule is O=CC(CO)NCCC[Si](O)(O)O[Si](O)(O)O. The molecule has 0 spiro atoms. The third kappa shape index (κ3) is 9.48. The van der Waals surface area contributed by atoms with E-state index in [9.17, 15) is 14.4 Å². The maximum atomic E-state index is 10.3. The van der Waals surface area contributed by atoms with Gasteiger partial charge in [0.05, 0.1) is 12.6 Å². The van der Waals surface area contributed by atoms with E-state index in [-0.39, 0.29) is 25.6 Å². The lowest BCUT2D eigenvalue weighted by Crippen LogP contribution is -2.53. The molecule has 0 fully saturated rings. The molecule has 7 N–H and O–H groups in total. The molecule has 17 heavy (non-hydrogen) atoms. The molecule has 1 atom stereocenters. The molecule has 0 amide bonds. The molecule has 0 rings (SSSR count). The van der Waals surface area contributed by atoms with Crippen LogP contribution in [0.1, 0.15) is 6.42 Å². The number of rotatable bonds is 9. The van der Waals surface area contributed by atoms with Crippen molar-refractivity contribution in [2.75, 3.05) is 13.2 Å². The maximum absolute atomic E-state index is 10.3. The molecule has 0 radical (unpaired) electrons. The summed E-state index contributed by atoms with van der Waals surface area (Å²) >= 11 is 0. The minimum Gasteiger partial charge on any atom is -0.394 e. The molecule has 0 aliphatic heterocycles. The predicted octanol–water partition coefficient (Wildman–Crippen LogP) is -4.12. The quantitative estimate of drug-likeness (QED) is 0.127. The highest BCUT2D eigenvalue weighted by Crippen LogP contribution is 2.09. The summed E-state index contributed by atoms with van der Waals surface area (Å²) in [6, 6.07) is -1.01. The summed E-state index contributed by atoms with van der Waals surface area (Å²) in [7, 11) is -9.25. The van der Waals surface area contributed by atoms with Crippen LogP contribution in [-0.4, -0.2) is 72.4 Å². The molecule has 102 valence electrons. The lowest BCUT2D eigenvalue weighted by molar-refractivity contribution is -0.110. The summed E-state index contributed by atoms with van der Waals surface area (Å²) in [5, 5.41) is 11.2. The van der Waals surface area contributed by atoms with Crippen LogP contribution in [0.15, 0.2) is 0 Å². The zero-order chi connectivity index (χ0) is 13.5. The minimum atomic E-state index is -4.94. The van der Waals surface area contributed by atoms with Crippen LogP contribution in [0.25, 0.3) is 0 Å². The van der Waals surface area contributed by atoms with Crippen LogP contribution >= 0.6 is 0 Å². The van der Waals surface area contributed by atoms with Crippen molar-refractivity contribution in [3.63, 3.8) is 0 Å². The molecule has 0 aliphatic carbocycles. The molecule has 0 aromatic rings. The first kappa shape index (κ1) is 16.8. The van der Waals surface area contributed by atoms with Crippen LogP contribution in [0, 0.1) is 0 Å². The first-order chi connectivity index (χ1) is 7.70. The van der Waals surface area contributed by atoms with E-state index in [4.69, 9.17) is 19.5 Å². The molecule has 11 heteroatoms. The Hall–Kier alpha value is -0.216. The monoisotopic (exact) mass is 287 g/mol. The van der Waals surface area contributed by atoms with Gasteiger partial charge in [-0.15, -0.1) is 0 Å². The van der Waals surface area contributed by atoms with E-state index < -0.39 is 23.9 Å². The summed E-state index contributed by atoms with van der Waals surface area (Å²) in [4.78, 5) is 54.3. The van der Waals surface area contributed by atoms with Gasteiger partial charge in [-0.1, -0.05) is 0 Å². The molecule has 0 heterocycles. The third-order valence-electron chi connectivity index (χ3n) is 1.75. The van der Waals surface area contributed by atoms with Crippen molar-refractivity contribution >= 4 is 24.1 Å². The van der Waals surface area contributed by atoms with Crippen molar-refractivity contribution in [1.82, 2.24) is 5.32 Å². The number of carbonyl (C=O) groups is 1. The third-order valence-corrected chi connectivity index (χ3v) is 5.16. The molecule has 0 aromatic heterocycles. The van der Waals surface area contributed by atoms with Crippen molar-refractivity contribution in [2.45, 2.75) is 18.5 Å². The van der Waals surface area contributed by atoms with Gasteiger partial charge in [0.1, 0.15) is 6.29 Å². The first-order valence-electron chi connectivity index (χ1n) is 4.82. The molecule has 0 bridgehead atoms. The Balaban J connectivity index is 3.83. The average Bonchev–Trinajstić information content (AvgIpc) is 2.14. The largest absolute Gasteiger partial charge is 0.663 e. The minimum absolute atomic E-state index is 0.161. The van der Waals surface area contributed by atoms with Crippen molar-refractivity contribution in [2.24, 2.45) is 0 Å². The van der Waals surface area contributed by atoms with Gasteiger partial charge in [0.25, 0.3) is 0 Å². The van der Waals surface area contributed by atoms with E-state index in [0.717, 1.165) is 0 Å². The molecule has 0 saturated heterocycles. The van der Waals surface area contributed by atoms with Crippen LogP contribution < -0.4 is 5.32 Å². The molecule has 9 nitrogen and oxygen atoms in total. The van der Waals surface area contributed by atoms with Crippen LogP contribution in [-0.2, 0) is 8.91 Å². The molecule has 1 unspecified atom stereocenters. The summed E-state index contributed by atoms with van der Waals surface area (Å²) in [5.41, 5.74) is 0. The molecule has 0 saturated carbocycles. The van der Waals surface area contributed by atoms with Crippen LogP contribution in [0.5, 0.6) is 0 Å². The predicted molar refractivity (Wildman–Crippen MR) is 58.1 cm³/mol. The molecular formula is C6H17NO8Si2. The number of hydrogen-bond acceptors (Lipinski definition) is 9. The standard InChI is InChI=1S/C6H17NO8Si2/c8-4-6(5-9)7-2-1-3-16(10,11)15-17(12,13)14/h4,6-7,9-14H,1-3,5H2. The highest BCUT2D eigenvalue weighted by molar-refractivity contribution is 6.68. The number of aliphatic hydroxyl groups excluding tert-OH is 1. The lowest BCUT2D eigenvalue weighted by atomic mass is 10.3. The second-order valence-corrected chi connectivity index (χ2v) is 7.35. The van der Waals surface area contributed by atoms with Crippen molar-refractivity contribution < 1.29 is 38.0 Å². The molecule has 0 aromatic carbocycles. The van der Waals surface area contributed by atoms with Gasteiger partial charge in [-0.05, 0) is 13.0 Å². The summed E-state index contributed by atoms with van der Waals surface area (Å²) in [6.07, 6.45) is 0.667. The van der Waals surface area contributed by atoms with Gasteiger partial charge in [0, 0.05) is 6.04 Å². The van der Waals surface area contributed by atoms with Crippen molar-refractivity contribution in [3.8, 4) is 0 Å². The van der Waals surface area contributed by atoms with E-state index >= 15 is 0 Å². The normalized spacial score (nSPS) is 14.7. The smallest absolute Gasteiger partial charge is 0.394 e. The second-order valence-electron chi connectivity index (χ2n) is 3.40. The fraction of sp³-hybridized carbons (Fsp3) is 0.833. The highest BCUT2D eigenvalue weighted by Gasteiger charge is 2.45. The van der Waals surface area contributed by atoms with E-state index in [1.807, 2.05) is 0 Å². The van der Waals surface area contributed by atoms with E-state index in [1.165, 1.54) is 0 Å². The second kappa shape index (κ2) is 7.27. The summed E-state index contributed by atoms with van der Waals surface area (Å²) in [6.45, 7) is -0.180. The Labute approximate surface area is 99.8 Å². The summed E-state index contributed by atoms with van der Waals surface area (Å²) in [5.74, 6) is 0. The molecule has 0 aliphatic rings. The van der Waals surface area contributed by atoms with Gasteiger partial charge < -0.3 is 43.3 Å². The van der Waals surface area contributed by atoms with Crippen LogP contribution in [0.3, 0.4) is 0 Å².